The number of nitrogens with one attached hydrogen (secondary N) is 1. The van der Waals surface area contributed by atoms with E-state index in [1.807, 2.05) is 24.3 Å². The van der Waals surface area contributed by atoms with Gasteiger partial charge in [0.25, 0.3) is 6.01 Å². The summed E-state index contributed by atoms with van der Waals surface area (Å²) in [5, 5.41) is 3.19. The molecule has 3 aromatic rings. The van der Waals surface area contributed by atoms with E-state index < -0.39 is 0 Å². The predicted molar refractivity (Wildman–Crippen MR) is 68.7 cm³/mol. The van der Waals surface area contributed by atoms with E-state index in [0.29, 0.717) is 17.3 Å². The quantitative estimate of drug-likeness (QED) is 0.745. The summed E-state index contributed by atoms with van der Waals surface area (Å²) in [7, 11) is 0. The summed E-state index contributed by atoms with van der Waals surface area (Å²) in [4.78, 5) is 4.24. The van der Waals surface area contributed by atoms with Crippen LogP contribution < -0.4 is 5.32 Å². The third-order valence-corrected chi connectivity index (χ3v) is 2.78. The highest BCUT2D eigenvalue weighted by Crippen LogP contribution is 2.27. The first-order valence-corrected chi connectivity index (χ1v) is 5.68. The monoisotopic (exact) mass is 262 g/mol. The van der Waals surface area contributed by atoms with Crippen molar-refractivity contribution in [2.45, 2.75) is 0 Å². The van der Waals surface area contributed by atoms with Gasteiger partial charge in [0.05, 0.1) is 10.7 Å². The highest BCUT2D eigenvalue weighted by atomic mass is 35.5. The lowest BCUT2D eigenvalue weighted by Gasteiger charge is -2.03. The number of anilines is 2. The molecular formula is C13H8ClFN2O. The van der Waals surface area contributed by atoms with Crippen molar-refractivity contribution in [1.82, 2.24) is 4.98 Å². The zero-order chi connectivity index (χ0) is 12.5. The van der Waals surface area contributed by atoms with Crippen molar-refractivity contribution in [3.63, 3.8) is 0 Å². The molecule has 0 atom stereocenters. The van der Waals surface area contributed by atoms with Gasteiger partial charge >= 0.3 is 0 Å². The summed E-state index contributed by atoms with van der Waals surface area (Å²) in [5.74, 6) is -0.386. The summed E-state index contributed by atoms with van der Waals surface area (Å²) in [6.45, 7) is 0. The number of hydrogen-bond donors (Lipinski definition) is 1. The van der Waals surface area contributed by atoms with Crippen LogP contribution >= 0.6 is 11.6 Å². The van der Waals surface area contributed by atoms with Gasteiger partial charge in [-0.25, -0.2) is 4.39 Å². The second-order valence-corrected chi connectivity index (χ2v) is 4.14. The molecule has 1 N–H and O–H groups in total. The first-order chi connectivity index (χ1) is 8.72. The van der Waals surface area contributed by atoms with Crippen molar-refractivity contribution in [3.05, 3.63) is 53.3 Å². The molecule has 1 aromatic heterocycles. The van der Waals surface area contributed by atoms with E-state index in [1.165, 1.54) is 18.2 Å². The lowest BCUT2D eigenvalue weighted by Crippen LogP contribution is -1.91. The molecule has 0 fully saturated rings. The molecule has 0 saturated heterocycles. The van der Waals surface area contributed by atoms with Gasteiger partial charge in [0.1, 0.15) is 11.3 Å². The van der Waals surface area contributed by atoms with Gasteiger partial charge in [-0.15, -0.1) is 0 Å². The molecule has 90 valence electrons. The van der Waals surface area contributed by atoms with Gasteiger partial charge in [-0.3, -0.25) is 0 Å². The number of benzene rings is 2. The van der Waals surface area contributed by atoms with Gasteiger partial charge in [-0.1, -0.05) is 23.7 Å². The van der Waals surface area contributed by atoms with Crippen LogP contribution in [0.4, 0.5) is 16.1 Å². The Labute approximate surface area is 107 Å². The van der Waals surface area contributed by atoms with Crippen LogP contribution in [0.3, 0.4) is 0 Å². The molecule has 0 amide bonds. The summed E-state index contributed by atoms with van der Waals surface area (Å²) in [5.41, 5.74) is 1.97. The van der Waals surface area contributed by atoms with Gasteiger partial charge in [-0.2, -0.15) is 4.98 Å². The summed E-state index contributed by atoms with van der Waals surface area (Å²) < 4.78 is 18.4. The Morgan fingerprint density at radius 1 is 1.17 bits per heavy atom. The Morgan fingerprint density at radius 3 is 2.78 bits per heavy atom. The second kappa shape index (κ2) is 4.31. The average molecular weight is 263 g/mol. The summed E-state index contributed by atoms with van der Waals surface area (Å²) in [6.07, 6.45) is 0. The SMILES string of the molecule is Fc1ccc(Nc2nc3ccccc3o2)c(Cl)c1. The maximum atomic E-state index is 12.9. The fourth-order valence-corrected chi connectivity index (χ4v) is 1.85. The molecular weight excluding hydrogens is 255 g/mol. The lowest BCUT2D eigenvalue weighted by atomic mass is 10.3. The highest BCUT2D eigenvalue weighted by Gasteiger charge is 2.07. The minimum atomic E-state index is -0.386. The molecule has 0 radical (unpaired) electrons. The Bertz CT molecular complexity index is 678. The van der Waals surface area contributed by atoms with E-state index in [9.17, 15) is 4.39 Å². The zero-order valence-corrected chi connectivity index (χ0v) is 9.91. The minimum Gasteiger partial charge on any atom is -0.423 e. The van der Waals surface area contributed by atoms with Crippen molar-refractivity contribution in [2.24, 2.45) is 0 Å². The third kappa shape index (κ3) is 2.02. The first-order valence-electron chi connectivity index (χ1n) is 5.30. The Kier molecular flexibility index (Phi) is 2.64. The van der Waals surface area contributed by atoms with Crippen molar-refractivity contribution in [3.8, 4) is 0 Å². The van der Waals surface area contributed by atoms with Crippen LogP contribution in [-0.2, 0) is 0 Å². The number of fused-ring (bicyclic) bond motifs is 1. The second-order valence-electron chi connectivity index (χ2n) is 3.74. The van der Waals surface area contributed by atoms with E-state index in [1.54, 1.807) is 0 Å². The largest absolute Gasteiger partial charge is 0.423 e. The fourth-order valence-electron chi connectivity index (χ4n) is 1.63. The number of aromatic nitrogens is 1. The Balaban J connectivity index is 1.96. The standard InChI is InChI=1S/C13H8ClFN2O/c14-9-7-8(15)5-6-10(9)16-13-17-11-3-1-2-4-12(11)18-13/h1-7H,(H,16,17). The molecule has 0 spiro atoms. The molecule has 18 heavy (non-hydrogen) atoms. The van der Waals surface area contributed by atoms with Crippen LogP contribution in [0.1, 0.15) is 0 Å². The van der Waals surface area contributed by atoms with Crippen molar-refractivity contribution < 1.29 is 8.81 Å². The molecule has 5 heteroatoms. The summed E-state index contributed by atoms with van der Waals surface area (Å²) in [6, 6.07) is 11.8. The van der Waals surface area contributed by atoms with Gasteiger partial charge in [0.15, 0.2) is 5.58 Å². The van der Waals surface area contributed by atoms with E-state index in [4.69, 9.17) is 16.0 Å². The molecule has 0 aliphatic heterocycles. The molecule has 0 saturated carbocycles. The number of hydrogen-bond acceptors (Lipinski definition) is 3. The number of para-hydroxylation sites is 2. The highest BCUT2D eigenvalue weighted by molar-refractivity contribution is 6.33. The van der Waals surface area contributed by atoms with Crippen LogP contribution in [-0.4, -0.2) is 4.98 Å². The summed E-state index contributed by atoms with van der Waals surface area (Å²) >= 11 is 5.91. The molecule has 2 aromatic carbocycles. The number of oxazole rings is 1. The van der Waals surface area contributed by atoms with Gasteiger partial charge in [-0.05, 0) is 30.3 Å². The van der Waals surface area contributed by atoms with Crippen LogP contribution in [0.5, 0.6) is 0 Å². The molecule has 1 heterocycles. The van der Waals surface area contributed by atoms with Crippen LogP contribution in [0.15, 0.2) is 46.9 Å². The molecule has 0 aliphatic rings. The minimum absolute atomic E-state index is 0.275. The van der Waals surface area contributed by atoms with Crippen molar-refractivity contribution >= 4 is 34.4 Å². The Hall–Kier alpha value is -2.07. The van der Waals surface area contributed by atoms with Crippen LogP contribution in [0.2, 0.25) is 5.02 Å². The van der Waals surface area contributed by atoms with Crippen LogP contribution in [0, 0.1) is 5.82 Å². The zero-order valence-electron chi connectivity index (χ0n) is 9.15. The van der Waals surface area contributed by atoms with Gasteiger partial charge in [0.2, 0.25) is 0 Å². The van der Waals surface area contributed by atoms with Gasteiger partial charge < -0.3 is 9.73 Å². The van der Waals surface area contributed by atoms with Crippen molar-refractivity contribution in [2.75, 3.05) is 5.32 Å². The van der Waals surface area contributed by atoms with E-state index in [2.05, 4.69) is 10.3 Å². The fraction of sp³-hybridized carbons (Fsp3) is 0. The number of nitrogens with zero attached hydrogens (tertiary/aromatic N) is 1. The maximum Gasteiger partial charge on any atom is 0.300 e. The molecule has 3 nitrogen and oxygen atoms in total. The molecule has 3 rings (SSSR count). The third-order valence-electron chi connectivity index (χ3n) is 2.47. The van der Waals surface area contributed by atoms with E-state index >= 15 is 0 Å². The molecule has 0 unspecified atom stereocenters. The first kappa shape index (κ1) is 11.0. The van der Waals surface area contributed by atoms with E-state index in [0.717, 1.165) is 5.52 Å². The molecule has 0 aliphatic carbocycles. The number of rotatable bonds is 2. The normalized spacial score (nSPS) is 10.8. The Morgan fingerprint density at radius 2 is 2.00 bits per heavy atom. The van der Waals surface area contributed by atoms with E-state index in [-0.39, 0.29) is 10.8 Å². The van der Waals surface area contributed by atoms with Crippen LogP contribution in [0.25, 0.3) is 11.1 Å². The van der Waals surface area contributed by atoms with Crippen molar-refractivity contribution in [1.29, 1.82) is 0 Å². The smallest absolute Gasteiger partial charge is 0.300 e. The maximum absolute atomic E-state index is 12.9. The predicted octanol–water partition coefficient (Wildman–Crippen LogP) is 4.36. The van der Waals surface area contributed by atoms with Gasteiger partial charge in [0, 0.05) is 0 Å². The number of halogens is 2. The average Bonchev–Trinajstić information content (AvgIpc) is 2.75. The molecule has 0 bridgehead atoms. The lowest BCUT2D eigenvalue weighted by molar-refractivity contribution is 0.621. The topological polar surface area (TPSA) is 38.1 Å².